The Morgan fingerprint density at radius 2 is 1.90 bits per heavy atom. The van der Waals surface area contributed by atoms with Crippen LogP contribution in [0.25, 0.3) is 11.1 Å². The molecule has 0 fully saturated rings. The zero-order chi connectivity index (χ0) is 14.5. The van der Waals surface area contributed by atoms with E-state index >= 15 is 0 Å². The number of halogens is 1. The van der Waals surface area contributed by atoms with Crippen LogP contribution in [0.5, 0.6) is 5.75 Å². The van der Waals surface area contributed by atoms with Gasteiger partial charge in [0.1, 0.15) is 5.75 Å². The van der Waals surface area contributed by atoms with E-state index in [2.05, 4.69) is 22.9 Å². The first-order chi connectivity index (χ1) is 9.61. The molecule has 20 heavy (non-hydrogen) atoms. The van der Waals surface area contributed by atoms with E-state index in [1.54, 1.807) is 12.1 Å². The van der Waals surface area contributed by atoms with Gasteiger partial charge in [-0.1, -0.05) is 41.1 Å². The molecule has 0 atom stereocenters. The first-order valence-corrected chi connectivity index (χ1v) is 7.17. The Morgan fingerprint density at radius 3 is 2.50 bits per heavy atom. The Hall–Kier alpha value is -1.81. The highest BCUT2D eigenvalue weighted by atomic mass is 79.9. The fourth-order valence-corrected chi connectivity index (χ4v) is 2.26. The fourth-order valence-electron chi connectivity index (χ4n) is 1.90. The van der Waals surface area contributed by atoms with Crippen molar-refractivity contribution >= 4 is 21.9 Å². The smallest absolute Gasteiger partial charge is 0.336 e. The molecule has 2 rings (SSSR count). The standard InChI is InChI=1S/C16H15BrO3/c1-2-9-20-13-6-3-11(4-7-13)14-8-5-12(17)10-15(14)16(18)19/h3-8,10H,2,9H2,1H3,(H,18,19). The van der Waals surface area contributed by atoms with E-state index in [-0.39, 0.29) is 5.56 Å². The van der Waals surface area contributed by atoms with Crippen molar-refractivity contribution in [3.8, 4) is 16.9 Å². The Morgan fingerprint density at radius 1 is 1.20 bits per heavy atom. The molecule has 0 unspecified atom stereocenters. The minimum Gasteiger partial charge on any atom is -0.494 e. The van der Waals surface area contributed by atoms with Gasteiger partial charge in [-0.15, -0.1) is 0 Å². The van der Waals surface area contributed by atoms with Gasteiger partial charge < -0.3 is 9.84 Å². The first-order valence-electron chi connectivity index (χ1n) is 6.38. The molecule has 0 aliphatic heterocycles. The van der Waals surface area contributed by atoms with Gasteiger partial charge >= 0.3 is 5.97 Å². The summed E-state index contributed by atoms with van der Waals surface area (Å²) in [5.41, 5.74) is 1.84. The van der Waals surface area contributed by atoms with Crippen molar-refractivity contribution < 1.29 is 14.6 Å². The summed E-state index contributed by atoms with van der Waals surface area (Å²) in [7, 11) is 0. The number of hydrogen-bond acceptors (Lipinski definition) is 2. The quantitative estimate of drug-likeness (QED) is 0.868. The maximum atomic E-state index is 11.3. The maximum absolute atomic E-state index is 11.3. The number of rotatable bonds is 5. The fraction of sp³-hybridized carbons (Fsp3) is 0.188. The van der Waals surface area contributed by atoms with Gasteiger partial charge in [-0.05, 0) is 41.8 Å². The van der Waals surface area contributed by atoms with Crippen molar-refractivity contribution in [3.05, 3.63) is 52.5 Å². The summed E-state index contributed by atoms with van der Waals surface area (Å²) in [5.74, 6) is -0.141. The van der Waals surface area contributed by atoms with Crippen LogP contribution in [0.15, 0.2) is 46.9 Å². The minimum atomic E-state index is -0.937. The second kappa shape index (κ2) is 6.57. The van der Waals surface area contributed by atoms with Crippen LogP contribution in [-0.2, 0) is 0 Å². The summed E-state index contributed by atoms with van der Waals surface area (Å²) >= 11 is 3.29. The van der Waals surface area contributed by atoms with E-state index < -0.39 is 5.97 Å². The molecule has 0 saturated heterocycles. The normalized spacial score (nSPS) is 10.3. The number of carbonyl (C=O) groups is 1. The number of carboxylic acids is 1. The third-order valence-electron chi connectivity index (χ3n) is 2.85. The van der Waals surface area contributed by atoms with E-state index in [0.29, 0.717) is 12.2 Å². The molecule has 4 heteroatoms. The third-order valence-corrected chi connectivity index (χ3v) is 3.34. The summed E-state index contributed by atoms with van der Waals surface area (Å²) in [6, 6.07) is 12.7. The number of aromatic carboxylic acids is 1. The predicted octanol–water partition coefficient (Wildman–Crippen LogP) is 4.60. The van der Waals surface area contributed by atoms with E-state index in [4.69, 9.17) is 4.74 Å². The molecule has 0 aliphatic rings. The summed E-state index contributed by atoms with van der Waals surface area (Å²) in [4.78, 5) is 11.3. The lowest BCUT2D eigenvalue weighted by Gasteiger charge is -2.09. The summed E-state index contributed by atoms with van der Waals surface area (Å²) in [6.45, 7) is 2.73. The zero-order valence-corrected chi connectivity index (χ0v) is 12.7. The molecular weight excluding hydrogens is 320 g/mol. The van der Waals surface area contributed by atoms with Gasteiger partial charge in [-0.2, -0.15) is 0 Å². The van der Waals surface area contributed by atoms with E-state index in [1.165, 1.54) is 0 Å². The van der Waals surface area contributed by atoms with E-state index in [1.807, 2.05) is 30.3 Å². The largest absolute Gasteiger partial charge is 0.494 e. The molecule has 0 spiro atoms. The van der Waals surface area contributed by atoms with Gasteiger partial charge in [0, 0.05) is 4.47 Å². The lowest BCUT2D eigenvalue weighted by Crippen LogP contribution is -1.99. The monoisotopic (exact) mass is 334 g/mol. The van der Waals surface area contributed by atoms with Crippen LogP contribution in [0.1, 0.15) is 23.7 Å². The predicted molar refractivity (Wildman–Crippen MR) is 82.3 cm³/mol. The van der Waals surface area contributed by atoms with Crippen LogP contribution >= 0.6 is 15.9 Å². The molecule has 0 aliphatic carbocycles. The van der Waals surface area contributed by atoms with Crippen LogP contribution in [0.3, 0.4) is 0 Å². The van der Waals surface area contributed by atoms with Crippen molar-refractivity contribution in [2.45, 2.75) is 13.3 Å². The van der Waals surface area contributed by atoms with Gasteiger partial charge in [-0.25, -0.2) is 4.79 Å². The van der Waals surface area contributed by atoms with Gasteiger partial charge in [0.25, 0.3) is 0 Å². The Kier molecular flexibility index (Phi) is 4.79. The molecule has 1 N–H and O–H groups in total. The Bertz CT molecular complexity index is 606. The Balaban J connectivity index is 2.34. The summed E-state index contributed by atoms with van der Waals surface area (Å²) < 4.78 is 6.27. The highest BCUT2D eigenvalue weighted by molar-refractivity contribution is 9.10. The number of hydrogen-bond donors (Lipinski definition) is 1. The van der Waals surface area contributed by atoms with Crippen molar-refractivity contribution in [2.75, 3.05) is 6.61 Å². The topological polar surface area (TPSA) is 46.5 Å². The highest BCUT2D eigenvalue weighted by Gasteiger charge is 2.12. The summed E-state index contributed by atoms with van der Waals surface area (Å²) in [6.07, 6.45) is 0.956. The van der Waals surface area contributed by atoms with Gasteiger partial charge in [-0.3, -0.25) is 0 Å². The van der Waals surface area contributed by atoms with Crippen LogP contribution in [0.2, 0.25) is 0 Å². The molecular formula is C16H15BrO3. The molecule has 0 aromatic heterocycles. The lowest BCUT2D eigenvalue weighted by molar-refractivity contribution is 0.0697. The molecule has 0 radical (unpaired) electrons. The number of ether oxygens (including phenoxy) is 1. The molecule has 2 aromatic carbocycles. The Labute approximate surface area is 126 Å². The average Bonchev–Trinajstić information content (AvgIpc) is 2.45. The molecule has 0 bridgehead atoms. The van der Waals surface area contributed by atoms with Crippen LogP contribution in [0, 0.1) is 0 Å². The van der Waals surface area contributed by atoms with Crippen LogP contribution in [-0.4, -0.2) is 17.7 Å². The lowest BCUT2D eigenvalue weighted by atomic mass is 10.00. The SMILES string of the molecule is CCCOc1ccc(-c2ccc(Br)cc2C(=O)O)cc1. The molecule has 0 saturated carbocycles. The molecule has 104 valence electrons. The number of benzene rings is 2. The van der Waals surface area contributed by atoms with Crippen molar-refractivity contribution in [2.24, 2.45) is 0 Å². The van der Waals surface area contributed by atoms with Crippen LogP contribution < -0.4 is 4.74 Å². The van der Waals surface area contributed by atoms with Gasteiger partial charge in [0.2, 0.25) is 0 Å². The maximum Gasteiger partial charge on any atom is 0.336 e. The first kappa shape index (κ1) is 14.6. The minimum absolute atomic E-state index is 0.279. The van der Waals surface area contributed by atoms with Gasteiger partial charge in [0.15, 0.2) is 0 Å². The van der Waals surface area contributed by atoms with Crippen molar-refractivity contribution in [1.29, 1.82) is 0 Å². The van der Waals surface area contributed by atoms with Crippen LogP contribution in [0.4, 0.5) is 0 Å². The molecule has 2 aromatic rings. The van der Waals surface area contributed by atoms with Gasteiger partial charge in [0.05, 0.1) is 12.2 Å². The van der Waals surface area contributed by atoms with Crippen molar-refractivity contribution in [3.63, 3.8) is 0 Å². The zero-order valence-electron chi connectivity index (χ0n) is 11.1. The summed E-state index contributed by atoms with van der Waals surface area (Å²) in [5, 5.41) is 9.28. The molecule has 0 amide bonds. The molecule has 3 nitrogen and oxygen atoms in total. The highest BCUT2D eigenvalue weighted by Crippen LogP contribution is 2.28. The van der Waals surface area contributed by atoms with E-state index in [0.717, 1.165) is 22.2 Å². The molecule has 0 heterocycles. The average molecular weight is 335 g/mol. The second-order valence-corrected chi connectivity index (χ2v) is 5.28. The second-order valence-electron chi connectivity index (χ2n) is 4.37. The number of carboxylic acid groups (broad SMARTS) is 1. The van der Waals surface area contributed by atoms with E-state index in [9.17, 15) is 9.90 Å². The van der Waals surface area contributed by atoms with Crippen molar-refractivity contribution in [1.82, 2.24) is 0 Å². The third kappa shape index (κ3) is 3.39.